The number of methoxy groups -OCH3 is 1. The minimum atomic E-state index is -4.14. The van der Waals surface area contributed by atoms with Gasteiger partial charge in [0.2, 0.25) is 11.8 Å². The Morgan fingerprint density at radius 2 is 1.52 bits per heavy atom. The van der Waals surface area contributed by atoms with Crippen molar-refractivity contribution in [3.8, 4) is 5.75 Å². The standard InChI is InChI=1S/C31H37N3O5S/c1-24(31(36)32-26-15-9-10-16-26)33(22-21-25-13-5-3-6-14-25)30(35)23-34(28-19-11-12-20-29(28)39-2)40(37,38)27-17-7-4-8-18-27/h3-8,11-14,17-20,24,26H,9-10,15-16,21-23H2,1-2H3,(H,32,36)/t24-/m1/s1. The molecule has 4 rings (SSSR count). The number of para-hydroxylation sites is 2. The molecular weight excluding hydrogens is 526 g/mol. The van der Waals surface area contributed by atoms with Gasteiger partial charge in [-0.05, 0) is 56.0 Å². The van der Waals surface area contributed by atoms with E-state index in [-0.39, 0.29) is 29.1 Å². The molecule has 1 atom stereocenters. The summed E-state index contributed by atoms with van der Waals surface area (Å²) in [6.07, 6.45) is 4.51. The van der Waals surface area contributed by atoms with E-state index in [1.807, 2.05) is 30.3 Å². The van der Waals surface area contributed by atoms with Crippen molar-refractivity contribution in [1.29, 1.82) is 0 Å². The summed E-state index contributed by atoms with van der Waals surface area (Å²) in [4.78, 5) is 28.8. The van der Waals surface area contributed by atoms with Gasteiger partial charge in [0, 0.05) is 12.6 Å². The highest BCUT2D eigenvalue weighted by molar-refractivity contribution is 7.92. The number of hydrogen-bond acceptors (Lipinski definition) is 5. The van der Waals surface area contributed by atoms with Gasteiger partial charge in [0.1, 0.15) is 18.3 Å². The van der Waals surface area contributed by atoms with Gasteiger partial charge in [0.05, 0.1) is 17.7 Å². The molecule has 0 aliphatic heterocycles. The predicted octanol–water partition coefficient (Wildman–Crippen LogP) is 4.41. The molecule has 1 aliphatic rings. The second-order valence-corrected chi connectivity index (χ2v) is 11.8. The van der Waals surface area contributed by atoms with Gasteiger partial charge in [0.25, 0.3) is 10.0 Å². The molecule has 3 aromatic carbocycles. The lowest BCUT2D eigenvalue weighted by atomic mass is 10.1. The number of nitrogens with zero attached hydrogens (tertiary/aromatic N) is 2. The molecule has 1 N–H and O–H groups in total. The molecule has 1 aliphatic carbocycles. The molecule has 1 fully saturated rings. The minimum absolute atomic E-state index is 0.0524. The first-order chi connectivity index (χ1) is 19.3. The van der Waals surface area contributed by atoms with Gasteiger partial charge in [0.15, 0.2) is 0 Å². The van der Waals surface area contributed by atoms with E-state index < -0.39 is 28.5 Å². The van der Waals surface area contributed by atoms with Crippen molar-refractivity contribution >= 4 is 27.5 Å². The molecule has 0 heterocycles. The van der Waals surface area contributed by atoms with Crippen LogP contribution in [0.15, 0.2) is 89.8 Å². The Morgan fingerprint density at radius 3 is 2.17 bits per heavy atom. The van der Waals surface area contributed by atoms with Gasteiger partial charge in [-0.15, -0.1) is 0 Å². The summed E-state index contributed by atoms with van der Waals surface area (Å²) in [5.74, 6) is -0.392. The maximum absolute atomic E-state index is 14.0. The van der Waals surface area contributed by atoms with Crippen LogP contribution in [-0.4, -0.2) is 57.4 Å². The Kier molecular flexibility index (Phi) is 9.82. The van der Waals surface area contributed by atoms with Crippen LogP contribution < -0.4 is 14.4 Å². The molecular formula is C31H37N3O5S. The first kappa shape index (κ1) is 29.1. The molecule has 3 aromatic rings. The summed E-state index contributed by atoms with van der Waals surface area (Å²) in [5, 5.41) is 3.09. The second-order valence-electron chi connectivity index (χ2n) is 9.99. The fourth-order valence-electron chi connectivity index (χ4n) is 5.03. The van der Waals surface area contributed by atoms with Crippen LogP contribution in [-0.2, 0) is 26.0 Å². The van der Waals surface area contributed by atoms with E-state index in [1.165, 1.54) is 24.1 Å². The summed E-state index contributed by atoms with van der Waals surface area (Å²) in [5.41, 5.74) is 1.26. The molecule has 0 spiro atoms. The van der Waals surface area contributed by atoms with Gasteiger partial charge in [-0.25, -0.2) is 8.42 Å². The highest BCUT2D eigenvalue weighted by Gasteiger charge is 2.34. The molecule has 8 nitrogen and oxygen atoms in total. The normalized spacial score (nSPS) is 14.3. The Balaban J connectivity index is 1.66. The number of hydrogen-bond donors (Lipinski definition) is 1. The summed E-state index contributed by atoms with van der Waals surface area (Å²) in [6, 6.07) is 23.7. The van der Waals surface area contributed by atoms with E-state index in [0.717, 1.165) is 35.6 Å². The van der Waals surface area contributed by atoms with Crippen LogP contribution >= 0.6 is 0 Å². The number of sulfonamides is 1. The summed E-state index contributed by atoms with van der Waals surface area (Å²) >= 11 is 0. The Labute approximate surface area is 237 Å². The first-order valence-corrected chi connectivity index (χ1v) is 15.1. The van der Waals surface area contributed by atoms with Crippen LogP contribution in [0, 0.1) is 0 Å². The predicted molar refractivity (Wildman–Crippen MR) is 156 cm³/mol. The van der Waals surface area contributed by atoms with Crippen LogP contribution in [0.2, 0.25) is 0 Å². The van der Waals surface area contributed by atoms with Gasteiger partial charge >= 0.3 is 0 Å². The lowest BCUT2D eigenvalue weighted by molar-refractivity contribution is -0.139. The molecule has 0 bridgehead atoms. The maximum Gasteiger partial charge on any atom is 0.264 e. The molecule has 0 radical (unpaired) electrons. The third kappa shape index (κ3) is 7.01. The SMILES string of the molecule is COc1ccccc1N(CC(=O)N(CCc1ccccc1)[C@H](C)C(=O)NC1CCCC1)S(=O)(=O)c1ccccc1. The Bertz CT molecular complexity index is 1380. The van der Waals surface area contributed by atoms with Crippen LogP contribution in [0.5, 0.6) is 5.75 Å². The van der Waals surface area contributed by atoms with Gasteiger partial charge in [-0.3, -0.25) is 13.9 Å². The summed E-state index contributed by atoms with van der Waals surface area (Å²) in [6.45, 7) is 1.47. The molecule has 2 amide bonds. The average Bonchev–Trinajstić information content (AvgIpc) is 3.50. The Morgan fingerprint density at radius 1 is 0.925 bits per heavy atom. The van der Waals surface area contributed by atoms with Gasteiger partial charge in [-0.1, -0.05) is 73.5 Å². The van der Waals surface area contributed by atoms with Crippen LogP contribution in [0.4, 0.5) is 5.69 Å². The molecule has 0 unspecified atom stereocenters. The molecule has 0 aromatic heterocycles. The van der Waals surface area contributed by atoms with Crippen molar-refractivity contribution in [2.24, 2.45) is 0 Å². The van der Waals surface area contributed by atoms with E-state index in [9.17, 15) is 18.0 Å². The number of benzene rings is 3. The van der Waals surface area contributed by atoms with Crippen molar-refractivity contribution in [2.45, 2.75) is 56.0 Å². The number of carbonyl (C=O) groups excluding carboxylic acids is 2. The maximum atomic E-state index is 14.0. The number of rotatable bonds is 12. The lowest BCUT2D eigenvalue weighted by Crippen LogP contribution is -2.53. The summed E-state index contributed by atoms with van der Waals surface area (Å²) < 4.78 is 34.3. The zero-order valence-electron chi connectivity index (χ0n) is 23.0. The van der Waals surface area contributed by atoms with E-state index in [0.29, 0.717) is 12.2 Å². The quantitative estimate of drug-likeness (QED) is 0.352. The number of carbonyl (C=O) groups is 2. The largest absolute Gasteiger partial charge is 0.495 e. The molecule has 1 saturated carbocycles. The molecule has 0 saturated heterocycles. The van der Waals surface area contributed by atoms with Crippen molar-refractivity contribution in [2.75, 3.05) is 24.5 Å². The van der Waals surface area contributed by atoms with Crippen molar-refractivity contribution in [3.05, 3.63) is 90.5 Å². The molecule has 212 valence electrons. The van der Waals surface area contributed by atoms with Crippen molar-refractivity contribution in [3.63, 3.8) is 0 Å². The number of ether oxygens (including phenoxy) is 1. The van der Waals surface area contributed by atoms with Crippen molar-refractivity contribution in [1.82, 2.24) is 10.2 Å². The smallest absolute Gasteiger partial charge is 0.264 e. The second kappa shape index (κ2) is 13.5. The monoisotopic (exact) mass is 563 g/mol. The van der Waals surface area contributed by atoms with Gasteiger partial charge < -0.3 is 15.0 Å². The molecule has 40 heavy (non-hydrogen) atoms. The van der Waals surface area contributed by atoms with Gasteiger partial charge in [-0.2, -0.15) is 0 Å². The third-order valence-electron chi connectivity index (χ3n) is 7.32. The van der Waals surface area contributed by atoms with E-state index in [2.05, 4.69) is 5.32 Å². The number of amides is 2. The molecule has 9 heteroatoms. The fourth-order valence-corrected chi connectivity index (χ4v) is 6.48. The number of anilines is 1. The van der Waals surface area contributed by atoms with Crippen LogP contribution in [0.25, 0.3) is 0 Å². The zero-order chi connectivity index (χ0) is 28.5. The highest BCUT2D eigenvalue weighted by atomic mass is 32.2. The average molecular weight is 564 g/mol. The fraction of sp³-hybridized carbons (Fsp3) is 0.355. The van der Waals surface area contributed by atoms with Crippen LogP contribution in [0.1, 0.15) is 38.2 Å². The highest BCUT2D eigenvalue weighted by Crippen LogP contribution is 2.32. The first-order valence-electron chi connectivity index (χ1n) is 13.7. The van der Waals surface area contributed by atoms with E-state index >= 15 is 0 Å². The third-order valence-corrected chi connectivity index (χ3v) is 9.09. The van der Waals surface area contributed by atoms with E-state index in [4.69, 9.17) is 4.74 Å². The summed E-state index contributed by atoms with van der Waals surface area (Å²) in [7, 11) is -2.69. The van der Waals surface area contributed by atoms with Crippen molar-refractivity contribution < 1.29 is 22.7 Å². The van der Waals surface area contributed by atoms with Crippen LogP contribution in [0.3, 0.4) is 0 Å². The lowest BCUT2D eigenvalue weighted by Gasteiger charge is -2.32. The zero-order valence-corrected chi connectivity index (χ0v) is 23.8. The topological polar surface area (TPSA) is 96.0 Å². The Hall–Kier alpha value is -3.85. The van der Waals surface area contributed by atoms with E-state index in [1.54, 1.807) is 49.4 Å². The minimum Gasteiger partial charge on any atom is -0.495 e. The number of nitrogens with one attached hydrogen (secondary N) is 1.